The Balaban J connectivity index is 0.000000141. The highest BCUT2D eigenvalue weighted by molar-refractivity contribution is 6.32. The summed E-state index contributed by atoms with van der Waals surface area (Å²) in [5.41, 5.74) is 28.1. The molecule has 2 aliphatic carbocycles. The van der Waals surface area contributed by atoms with E-state index in [0.29, 0.717) is 117 Å². The van der Waals surface area contributed by atoms with Crippen LogP contribution in [0.3, 0.4) is 0 Å². The monoisotopic (exact) mass is 1700 g/mol. The number of benzene rings is 4. The molecule has 2 aliphatic heterocycles. The highest BCUT2D eigenvalue weighted by atomic mass is 35.5. The smallest absolute Gasteiger partial charge is 0.251 e. The number of rotatable bonds is 28. The molecule has 16 N–H and O–H groups in total. The first kappa shape index (κ1) is 87.0. The van der Waals surface area contributed by atoms with Crippen molar-refractivity contribution in [2.24, 2.45) is 11.8 Å². The Kier molecular flexibility index (Phi) is 30.4. The quantitative estimate of drug-likeness (QED) is 0.0217. The van der Waals surface area contributed by atoms with Crippen molar-refractivity contribution in [3.63, 3.8) is 0 Å². The first-order chi connectivity index (χ1) is 59.9. The van der Waals surface area contributed by atoms with Crippen LogP contribution in [0.1, 0.15) is 105 Å². The van der Waals surface area contributed by atoms with Crippen molar-refractivity contribution in [2.45, 2.75) is 96.6 Å². The summed E-state index contributed by atoms with van der Waals surface area (Å²) in [6.45, 7) is 13.1. The molecule has 12 aromatic rings. The number of hydrogen-bond acceptors (Lipinski definition) is 33. The van der Waals surface area contributed by atoms with Crippen molar-refractivity contribution in [3.8, 4) is 46.3 Å². The molecule has 0 spiro atoms. The molecule has 10 heterocycles. The molecule has 16 rings (SSSR count). The number of methoxy groups -OCH3 is 4. The van der Waals surface area contributed by atoms with E-state index in [1.165, 1.54) is 83.4 Å². The molecule has 0 bridgehead atoms. The minimum Gasteiger partial charge on any atom is -0.497 e. The van der Waals surface area contributed by atoms with Crippen LogP contribution in [0, 0.1) is 11.8 Å². The van der Waals surface area contributed by atoms with Crippen molar-refractivity contribution >= 4 is 105 Å². The van der Waals surface area contributed by atoms with Gasteiger partial charge in [-0.05, 0) is 135 Å². The molecule has 4 fully saturated rings. The maximum Gasteiger partial charge on any atom is 0.251 e. The summed E-state index contributed by atoms with van der Waals surface area (Å²) in [5, 5.41) is 43.3. The van der Waals surface area contributed by atoms with E-state index < -0.39 is 0 Å². The third-order valence-corrected chi connectivity index (χ3v) is 20.9. The Hall–Kier alpha value is -13.8. The Labute approximate surface area is 716 Å². The molecule has 39 nitrogen and oxygen atoms in total. The SMILES string of the molecule is CC1CC(C)CN(CCNC(=O)c2ccc(Nc3nc(N)n(-c4ccccn4)n3)cc2)C1.COc1cc(OC)c(Nc2nc(N)n(-c3cc(NC4CCCCC4)ncn3)n2)cc1Cl.COc1ccc(Nc2nc(N)n(-c3cc(NC4CCCCC4)ncn3)n2)c(OC)c1.Nc1nc(Nc2ccc(C(=O)NCCN3CCOCC3)cc2)nn1-c1ccccn1. The number of hydrogen-bond donors (Lipinski definition) is 12. The standard InChI is InChI=1S/C23H30N8O.C20H25ClN8O2.C20H26N8O2.C20H24N8O2/c1-16-13-17(2)15-30(14-16)12-11-26-21(32)18-6-8-19(9-7-18)27-23-28-22(24)31(29-23)20-5-3-4-10-25-20;1-30-15-9-16(31-2)14(8-13(15)21)26-20-27-19(22)29(28-20)18-10-17(23-11-24-18)25-12-6-4-3-5-7-12;1-29-14-8-9-15(16(10-14)30-2)25-20-26-19(21)28(27-20)18-11-17(22-12-23-18)24-13-6-4-3-5-7-13;21-19-25-20(26-28(19)17-3-1-2-8-22-17)24-16-6-4-15(5-7-16)18(29)23-9-10-27-11-13-30-14-12-27/h3-10,16-17H,11-15H2,1-2H3,(H,26,32)(H3,24,27,28,29);8-12H,3-7H2,1-2H3,(H,23,24,25)(H3,22,26,27,28);8-13H,3-7H2,1-2H3,(H,22,23,24)(H3,21,25,26,27);1-8H,9-14H2,(H,23,29)(H3,21,24,25,26). The zero-order valence-corrected chi connectivity index (χ0v) is 70.3. The van der Waals surface area contributed by atoms with Gasteiger partial charge in [0.25, 0.3) is 11.8 Å². The van der Waals surface area contributed by atoms with E-state index in [1.807, 2.05) is 60.7 Å². The lowest BCUT2D eigenvalue weighted by Gasteiger charge is -2.34. The predicted octanol–water partition coefficient (Wildman–Crippen LogP) is 10.7. The molecule has 2 unspecified atom stereocenters. The topological polar surface area (TPSA) is 487 Å². The van der Waals surface area contributed by atoms with E-state index in [9.17, 15) is 9.59 Å². The van der Waals surface area contributed by atoms with Crippen LogP contribution < -0.4 is 84.4 Å². The summed E-state index contributed by atoms with van der Waals surface area (Å²) < 4.78 is 32.4. The fourth-order valence-electron chi connectivity index (χ4n) is 14.6. The van der Waals surface area contributed by atoms with Crippen LogP contribution >= 0.6 is 11.6 Å². The van der Waals surface area contributed by atoms with Crippen LogP contribution in [0.5, 0.6) is 23.0 Å². The number of ether oxygens (including phenoxy) is 5. The van der Waals surface area contributed by atoms with Crippen molar-refractivity contribution < 1.29 is 33.3 Å². The number of halogens is 1. The predicted molar refractivity (Wildman–Crippen MR) is 472 cm³/mol. The number of carbonyl (C=O) groups is 2. The Morgan fingerprint density at radius 1 is 0.455 bits per heavy atom. The maximum atomic E-state index is 12.5. The third kappa shape index (κ3) is 24.5. The minimum atomic E-state index is -0.100. The largest absolute Gasteiger partial charge is 0.497 e. The van der Waals surface area contributed by atoms with E-state index in [2.05, 4.69) is 136 Å². The summed E-state index contributed by atoms with van der Waals surface area (Å²) in [4.78, 5) is 72.3. The molecular weight excluding hydrogens is 1590 g/mol. The van der Waals surface area contributed by atoms with Crippen molar-refractivity contribution in [1.29, 1.82) is 0 Å². The van der Waals surface area contributed by atoms with E-state index in [1.54, 1.807) is 100 Å². The number of anilines is 14. The Bertz CT molecular complexity index is 5360. The van der Waals surface area contributed by atoms with Crippen molar-refractivity contribution in [1.82, 2.24) is 109 Å². The van der Waals surface area contributed by atoms with Gasteiger partial charge < -0.3 is 94.1 Å². The highest BCUT2D eigenvalue weighted by Crippen LogP contribution is 2.38. The van der Waals surface area contributed by atoms with Crippen LogP contribution in [0.4, 0.5) is 82.0 Å². The van der Waals surface area contributed by atoms with Crippen LogP contribution in [0.2, 0.25) is 5.02 Å². The highest BCUT2D eigenvalue weighted by Gasteiger charge is 2.25. The molecule has 2 saturated heterocycles. The zero-order valence-electron chi connectivity index (χ0n) is 69.6. The van der Waals surface area contributed by atoms with Gasteiger partial charge in [0.2, 0.25) is 47.6 Å². The van der Waals surface area contributed by atoms with Crippen LogP contribution in [0.15, 0.2) is 152 Å². The number of aromatic nitrogens is 18. The van der Waals surface area contributed by atoms with Crippen molar-refractivity contribution in [3.05, 3.63) is 169 Å². The molecule has 8 aromatic heterocycles. The number of nitrogens with zero attached hydrogens (tertiary/aromatic N) is 20. The number of nitrogens with one attached hydrogen (secondary N) is 8. The first-order valence-electron chi connectivity index (χ1n) is 40.8. The van der Waals surface area contributed by atoms with Crippen LogP contribution in [0.25, 0.3) is 23.3 Å². The molecule has 2 saturated carbocycles. The van der Waals surface area contributed by atoms with Crippen molar-refractivity contribution in [2.75, 3.05) is 149 Å². The lowest BCUT2D eigenvalue weighted by molar-refractivity contribution is 0.0383. The summed E-state index contributed by atoms with van der Waals surface area (Å²) in [6.07, 6.45) is 19.8. The van der Waals surface area contributed by atoms with Gasteiger partial charge >= 0.3 is 0 Å². The zero-order chi connectivity index (χ0) is 86.0. The summed E-state index contributed by atoms with van der Waals surface area (Å²) in [5.74, 6) is 9.49. The van der Waals surface area contributed by atoms with E-state index >= 15 is 0 Å². The van der Waals surface area contributed by atoms with Gasteiger partial charge in [0.1, 0.15) is 47.3 Å². The van der Waals surface area contributed by atoms with Gasteiger partial charge in [-0.1, -0.05) is 76.1 Å². The second-order valence-electron chi connectivity index (χ2n) is 29.8. The van der Waals surface area contributed by atoms with Gasteiger partial charge in [-0.3, -0.25) is 14.5 Å². The normalized spacial score (nSPS) is 15.5. The number of amides is 2. The number of carbonyl (C=O) groups excluding carboxylic acids is 2. The van der Waals surface area contributed by atoms with E-state index in [4.69, 9.17) is 58.2 Å². The molecule has 123 heavy (non-hydrogen) atoms. The van der Waals surface area contributed by atoms with Gasteiger partial charge in [0, 0.05) is 124 Å². The molecule has 4 aliphatic rings. The number of pyridine rings is 2. The lowest BCUT2D eigenvalue weighted by Crippen LogP contribution is -2.42. The number of nitrogens with two attached hydrogens (primary N) is 4. The Morgan fingerprint density at radius 3 is 1.33 bits per heavy atom. The fraction of sp³-hybridized carbons (Fsp3) is 0.373. The number of nitrogen functional groups attached to an aromatic ring is 4. The molecule has 2 amide bonds. The lowest BCUT2D eigenvalue weighted by atomic mass is 9.92. The summed E-state index contributed by atoms with van der Waals surface area (Å²) in [6, 6.07) is 38.5. The Morgan fingerprint density at radius 2 is 0.886 bits per heavy atom. The average Bonchev–Trinajstić information content (AvgIpc) is 1.71. The number of morpholine rings is 1. The van der Waals surface area contributed by atoms with Gasteiger partial charge in [-0.2, -0.15) is 38.7 Å². The summed E-state index contributed by atoms with van der Waals surface area (Å²) >= 11 is 6.24. The van der Waals surface area contributed by atoms with E-state index in [0.717, 1.165) is 113 Å². The second-order valence-corrected chi connectivity index (χ2v) is 30.2. The van der Waals surface area contributed by atoms with Gasteiger partial charge in [-0.25, -0.2) is 29.9 Å². The van der Waals surface area contributed by atoms with Gasteiger partial charge in [0.15, 0.2) is 23.3 Å². The molecule has 40 heteroatoms. The third-order valence-electron chi connectivity index (χ3n) is 20.6. The molecular formula is C83H105ClN32O7. The molecule has 2 atom stereocenters. The number of likely N-dealkylation sites (tertiary alicyclic amines) is 1. The molecule has 4 aromatic carbocycles. The van der Waals surface area contributed by atoms with Gasteiger partial charge in [-0.15, -0.1) is 20.4 Å². The fourth-order valence-corrected chi connectivity index (χ4v) is 14.8. The first-order valence-corrected chi connectivity index (χ1v) is 41.2. The summed E-state index contributed by atoms with van der Waals surface area (Å²) in [7, 11) is 6.28. The number of piperidine rings is 1. The van der Waals surface area contributed by atoms with Gasteiger partial charge in [0.05, 0.1) is 58.1 Å². The molecule has 0 radical (unpaired) electrons. The molecule has 646 valence electrons. The maximum absolute atomic E-state index is 12.5. The van der Waals surface area contributed by atoms with Crippen LogP contribution in [-0.4, -0.2) is 217 Å². The average molecular weight is 1700 g/mol. The van der Waals surface area contributed by atoms with E-state index in [-0.39, 0.29) is 41.6 Å². The van der Waals surface area contributed by atoms with Crippen LogP contribution in [-0.2, 0) is 4.74 Å². The second kappa shape index (κ2) is 42.9. The minimum absolute atomic E-state index is 0.0727.